The number of nitrogens with zero attached hydrogens (tertiary/aromatic N) is 1. The summed E-state index contributed by atoms with van der Waals surface area (Å²) in [7, 11) is -3.80. The molecule has 1 amide bonds. The number of sulfonamides is 1. The highest BCUT2D eigenvalue weighted by Gasteiger charge is 2.16. The zero-order chi connectivity index (χ0) is 23.0. The summed E-state index contributed by atoms with van der Waals surface area (Å²) in [6.45, 7) is 3.17. The highest BCUT2D eigenvalue weighted by molar-refractivity contribution is 7.89. The van der Waals surface area contributed by atoms with E-state index < -0.39 is 28.5 Å². The number of pyridine rings is 1. The molecule has 0 unspecified atom stereocenters. The van der Waals surface area contributed by atoms with Crippen LogP contribution < -0.4 is 14.8 Å². The van der Waals surface area contributed by atoms with Gasteiger partial charge in [-0.15, -0.1) is 0 Å². The van der Waals surface area contributed by atoms with Gasteiger partial charge in [0.2, 0.25) is 10.0 Å². The highest BCUT2D eigenvalue weighted by Crippen LogP contribution is 2.28. The van der Waals surface area contributed by atoms with Gasteiger partial charge in [-0.25, -0.2) is 18.1 Å². The summed E-state index contributed by atoms with van der Waals surface area (Å²) in [5.41, 5.74) is 0.547. The van der Waals surface area contributed by atoms with E-state index in [2.05, 4.69) is 15.0 Å². The van der Waals surface area contributed by atoms with Crippen LogP contribution in [0.15, 0.2) is 35.4 Å². The average molecular weight is 490 g/mol. The number of anilines is 1. The predicted octanol–water partition coefficient (Wildman–Crippen LogP) is 2.95. The molecule has 1 heterocycles. The second kappa shape index (κ2) is 11.3. The lowest BCUT2D eigenvalue weighted by Gasteiger charge is -2.10. The van der Waals surface area contributed by atoms with Crippen LogP contribution >= 0.6 is 23.2 Å². The molecule has 2 aromatic rings. The summed E-state index contributed by atoms with van der Waals surface area (Å²) in [4.78, 5) is 27.6. The van der Waals surface area contributed by atoms with Crippen molar-refractivity contribution in [3.63, 3.8) is 0 Å². The molecule has 0 saturated carbocycles. The Balaban J connectivity index is 1.77. The van der Waals surface area contributed by atoms with Gasteiger partial charge in [-0.1, -0.05) is 23.2 Å². The van der Waals surface area contributed by atoms with E-state index in [1.165, 1.54) is 30.5 Å². The normalized spacial score (nSPS) is 11.1. The number of amides is 1. The van der Waals surface area contributed by atoms with Crippen LogP contribution in [0.25, 0.3) is 0 Å². The van der Waals surface area contributed by atoms with Crippen LogP contribution in [0.2, 0.25) is 10.0 Å². The summed E-state index contributed by atoms with van der Waals surface area (Å²) in [5.74, 6) is -0.767. The van der Waals surface area contributed by atoms with E-state index in [-0.39, 0.29) is 28.7 Å². The van der Waals surface area contributed by atoms with Crippen LogP contribution in [0, 0.1) is 6.92 Å². The highest BCUT2D eigenvalue weighted by atomic mass is 35.5. The van der Waals surface area contributed by atoms with E-state index >= 15 is 0 Å². The molecule has 1 aromatic carbocycles. The molecule has 31 heavy (non-hydrogen) atoms. The van der Waals surface area contributed by atoms with Gasteiger partial charge in [0.05, 0.1) is 28.0 Å². The Labute approximate surface area is 190 Å². The molecule has 1 aromatic heterocycles. The fourth-order valence-corrected chi connectivity index (χ4v) is 3.70. The number of rotatable bonds is 10. The Morgan fingerprint density at radius 1 is 1.16 bits per heavy atom. The van der Waals surface area contributed by atoms with Crippen molar-refractivity contribution >= 4 is 50.9 Å². The molecular weight excluding hydrogens is 469 g/mol. The molecule has 0 aliphatic heterocycles. The third kappa shape index (κ3) is 7.35. The van der Waals surface area contributed by atoms with Crippen LogP contribution in [0.4, 0.5) is 5.82 Å². The fraction of sp³-hybridized carbons (Fsp3) is 0.316. The fourth-order valence-electron chi connectivity index (χ4n) is 2.28. The van der Waals surface area contributed by atoms with E-state index in [1.54, 1.807) is 6.92 Å². The number of aromatic nitrogens is 1. The maximum absolute atomic E-state index is 12.2. The first-order chi connectivity index (χ1) is 14.6. The molecule has 0 aliphatic carbocycles. The number of carbonyl (C=O) groups excluding carboxylic acids is 2. The van der Waals surface area contributed by atoms with Crippen LogP contribution in [-0.2, 0) is 24.3 Å². The molecule has 0 spiro atoms. The molecule has 0 aliphatic rings. The van der Waals surface area contributed by atoms with Crippen LogP contribution in [0.1, 0.15) is 18.9 Å². The smallest absolute Gasteiger partial charge is 0.307 e. The Kier molecular flexibility index (Phi) is 9.05. The van der Waals surface area contributed by atoms with Crippen molar-refractivity contribution in [1.29, 1.82) is 0 Å². The van der Waals surface area contributed by atoms with Crippen molar-refractivity contribution in [3.05, 3.63) is 46.1 Å². The first-order valence-corrected chi connectivity index (χ1v) is 11.4. The van der Waals surface area contributed by atoms with Crippen molar-refractivity contribution in [2.45, 2.75) is 25.2 Å². The molecule has 0 atom stereocenters. The number of ether oxygens (including phenoxy) is 2. The minimum Gasteiger partial charge on any atom is -0.494 e. The second-order valence-electron chi connectivity index (χ2n) is 6.15. The number of carbonyl (C=O) groups is 2. The molecule has 12 heteroatoms. The van der Waals surface area contributed by atoms with Gasteiger partial charge in [-0.3, -0.25) is 9.59 Å². The molecule has 0 radical (unpaired) electrons. The first-order valence-electron chi connectivity index (χ1n) is 9.12. The van der Waals surface area contributed by atoms with Gasteiger partial charge in [-0.2, -0.15) is 0 Å². The Bertz CT molecular complexity index is 1050. The number of esters is 1. The van der Waals surface area contributed by atoms with Crippen LogP contribution in [-0.4, -0.2) is 45.0 Å². The van der Waals surface area contributed by atoms with Gasteiger partial charge in [0, 0.05) is 12.7 Å². The summed E-state index contributed by atoms with van der Waals surface area (Å²) in [5, 5.41) is 2.94. The van der Waals surface area contributed by atoms with E-state index in [0.29, 0.717) is 22.9 Å². The largest absolute Gasteiger partial charge is 0.494 e. The Hall–Kier alpha value is -2.40. The zero-order valence-electron chi connectivity index (χ0n) is 16.8. The average Bonchev–Trinajstić information content (AvgIpc) is 2.73. The number of benzene rings is 1. The molecule has 0 saturated heterocycles. The van der Waals surface area contributed by atoms with E-state index in [9.17, 15) is 18.0 Å². The quantitative estimate of drug-likeness (QED) is 0.491. The minimum atomic E-state index is -3.80. The lowest BCUT2D eigenvalue weighted by molar-refractivity contribution is -0.147. The van der Waals surface area contributed by atoms with E-state index in [1.807, 2.05) is 6.92 Å². The molecule has 0 fully saturated rings. The van der Waals surface area contributed by atoms with Gasteiger partial charge in [0.25, 0.3) is 5.91 Å². The molecule has 2 N–H and O–H groups in total. The molecule has 0 bridgehead atoms. The third-order valence-electron chi connectivity index (χ3n) is 3.89. The van der Waals surface area contributed by atoms with E-state index in [4.69, 9.17) is 32.7 Å². The van der Waals surface area contributed by atoms with Gasteiger partial charge < -0.3 is 14.8 Å². The van der Waals surface area contributed by atoms with Crippen molar-refractivity contribution in [3.8, 4) is 5.75 Å². The molecule has 2 rings (SSSR count). The van der Waals surface area contributed by atoms with Crippen molar-refractivity contribution < 1.29 is 27.5 Å². The maximum atomic E-state index is 12.2. The Morgan fingerprint density at radius 2 is 1.84 bits per heavy atom. The SMILES string of the molecule is CCOc1ccc(S(=O)(=O)NCCC(=O)OCC(=O)Nc2ncc(Cl)c(C)c2Cl)cc1. The summed E-state index contributed by atoms with van der Waals surface area (Å²) >= 11 is 11.9. The standard InChI is InChI=1S/C19H21Cl2N3O6S/c1-3-29-13-4-6-14(7-5-13)31(27,28)23-9-8-17(26)30-11-16(25)24-19-18(21)12(2)15(20)10-22-19/h4-7,10,23H,3,8-9,11H2,1-2H3,(H,22,24,25). The van der Waals surface area contributed by atoms with Crippen LogP contribution in [0.3, 0.4) is 0 Å². The number of hydrogen-bond donors (Lipinski definition) is 2. The van der Waals surface area contributed by atoms with Gasteiger partial charge >= 0.3 is 5.97 Å². The van der Waals surface area contributed by atoms with Gasteiger partial charge in [0.1, 0.15) is 5.75 Å². The third-order valence-corrected chi connectivity index (χ3v) is 6.21. The maximum Gasteiger partial charge on any atom is 0.307 e. The molecule has 168 valence electrons. The molecule has 9 nitrogen and oxygen atoms in total. The monoisotopic (exact) mass is 489 g/mol. The van der Waals surface area contributed by atoms with Gasteiger partial charge in [-0.05, 0) is 43.7 Å². The van der Waals surface area contributed by atoms with Crippen molar-refractivity contribution in [2.24, 2.45) is 0 Å². The number of halogens is 2. The molecular formula is C19H21Cl2N3O6S. The van der Waals surface area contributed by atoms with Crippen molar-refractivity contribution in [2.75, 3.05) is 25.1 Å². The summed E-state index contributed by atoms with van der Waals surface area (Å²) < 4.78 is 36.9. The predicted molar refractivity (Wildman–Crippen MR) is 116 cm³/mol. The van der Waals surface area contributed by atoms with Crippen molar-refractivity contribution in [1.82, 2.24) is 9.71 Å². The topological polar surface area (TPSA) is 124 Å². The summed E-state index contributed by atoms with van der Waals surface area (Å²) in [6, 6.07) is 5.86. The van der Waals surface area contributed by atoms with Crippen LogP contribution in [0.5, 0.6) is 5.75 Å². The summed E-state index contributed by atoms with van der Waals surface area (Å²) in [6.07, 6.45) is 1.07. The second-order valence-corrected chi connectivity index (χ2v) is 8.71. The Morgan fingerprint density at radius 3 is 2.48 bits per heavy atom. The lowest BCUT2D eigenvalue weighted by Crippen LogP contribution is -2.28. The lowest BCUT2D eigenvalue weighted by atomic mass is 10.3. The minimum absolute atomic E-state index is 0.0336. The zero-order valence-corrected chi connectivity index (χ0v) is 19.1. The van der Waals surface area contributed by atoms with E-state index in [0.717, 1.165) is 0 Å². The number of hydrogen-bond acceptors (Lipinski definition) is 7. The van der Waals surface area contributed by atoms with Gasteiger partial charge in [0.15, 0.2) is 12.4 Å². The first kappa shape index (κ1) is 24.9. The number of nitrogens with one attached hydrogen (secondary N) is 2.